The quantitative estimate of drug-likeness (QED) is 0.233. The summed E-state index contributed by atoms with van der Waals surface area (Å²) in [6, 6.07) is 47.2. The fraction of sp³-hybridized carbons (Fsp3) is 0. The van der Waals surface area contributed by atoms with Crippen LogP contribution in [0.5, 0.6) is 0 Å². The predicted octanol–water partition coefficient (Wildman–Crippen LogP) is 8.95. The molecule has 0 amide bonds. The fourth-order valence-electron chi connectivity index (χ4n) is 6.31. The maximum absolute atomic E-state index is 5.31. The van der Waals surface area contributed by atoms with Gasteiger partial charge >= 0.3 is 0 Å². The summed E-state index contributed by atoms with van der Waals surface area (Å²) in [5, 5.41) is 5.93. The Morgan fingerprint density at radius 1 is 0.450 bits per heavy atom. The van der Waals surface area contributed by atoms with E-state index in [0.717, 1.165) is 44.6 Å². The van der Waals surface area contributed by atoms with Crippen LogP contribution in [-0.4, -0.2) is 18.9 Å². The third-order valence-corrected chi connectivity index (χ3v) is 8.10. The van der Waals surface area contributed by atoms with Gasteiger partial charge in [-0.25, -0.2) is 9.97 Å². The van der Waals surface area contributed by atoms with E-state index in [1.54, 1.807) is 0 Å². The zero-order chi connectivity index (χ0) is 26.2. The van der Waals surface area contributed by atoms with Crippen LogP contribution in [0.1, 0.15) is 0 Å². The molecule has 9 aromatic rings. The highest BCUT2D eigenvalue weighted by Crippen LogP contribution is 2.37. The number of benzene rings is 6. The first kappa shape index (κ1) is 21.5. The Balaban J connectivity index is 1.46. The van der Waals surface area contributed by atoms with E-state index in [4.69, 9.17) is 9.97 Å². The largest absolute Gasteiger partial charge is 0.279 e. The summed E-state index contributed by atoms with van der Waals surface area (Å²) in [5.41, 5.74) is 8.49. The zero-order valence-corrected chi connectivity index (χ0v) is 21.5. The van der Waals surface area contributed by atoms with Crippen molar-refractivity contribution in [2.75, 3.05) is 0 Å². The molecule has 186 valence electrons. The third kappa shape index (κ3) is 2.90. The minimum atomic E-state index is 0.837. The van der Waals surface area contributed by atoms with Gasteiger partial charge in [-0.05, 0) is 58.3 Å². The Hall–Kier alpha value is -5.48. The van der Waals surface area contributed by atoms with Crippen LogP contribution in [-0.2, 0) is 0 Å². The minimum absolute atomic E-state index is 0.837. The summed E-state index contributed by atoms with van der Waals surface area (Å²) in [4.78, 5) is 10.4. The Morgan fingerprint density at radius 3 is 2.02 bits per heavy atom. The molecule has 3 aromatic heterocycles. The maximum Gasteiger partial charge on any atom is 0.221 e. The van der Waals surface area contributed by atoms with Crippen molar-refractivity contribution < 1.29 is 0 Å². The number of imidazole rings is 1. The molecular weight excluding hydrogens is 488 g/mol. The van der Waals surface area contributed by atoms with Crippen LogP contribution in [0.4, 0.5) is 0 Å². The average molecular weight is 511 g/mol. The maximum atomic E-state index is 5.31. The predicted molar refractivity (Wildman–Crippen MR) is 165 cm³/mol. The highest BCUT2D eigenvalue weighted by molar-refractivity contribution is 6.11. The van der Waals surface area contributed by atoms with Gasteiger partial charge in [-0.15, -0.1) is 0 Å². The van der Waals surface area contributed by atoms with Crippen molar-refractivity contribution in [3.8, 4) is 17.1 Å². The standard InChI is InChI=1S/C36H22N4/c1-2-12-25-23(10-1)11-9-15-26(25)24-20-21-28-27-13-4-7-18-32(27)39(34(28)22-24)36-38-30-16-5-3-14-29(30)35-37-31-17-6-8-19-33(31)40(35)36/h1-22H. The fourth-order valence-corrected chi connectivity index (χ4v) is 6.31. The summed E-state index contributed by atoms with van der Waals surface area (Å²) in [6.45, 7) is 0. The molecule has 4 nitrogen and oxygen atoms in total. The monoisotopic (exact) mass is 510 g/mol. The van der Waals surface area contributed by atoms with Gasteiger partial charge in [0.2, 0.25) is 5.95 Å². The van der Waals surface area contributed by atoms with Gasteiger partial charge < -0.3 is 0 Å². The lowest BCUT2D eigenvalue weighted by atomic mass is 9.97. The van der Waals surface area contributed by atoms with E-state index in [-0.39, 0.29) is 0 Å². The van der Waals surface area contributed by atoms with Crippen molar-refractivity contribution in [1.29, 1.82) is 0 Å². The second kappa shape index (κ2) is 8.01. The van der Waals surface area contributed by atoms with E-state index in [0.29, 0.717) is 0 Å². The van der Waals surface area contributed by atoms with Crippen LogP contribution in [0.3, 0.4) is 0 Å². The molecule has 0 N–H and O–H groups in total. The lowest BCUT2D eigenvalue weighted by molar-refractivity contribution is 0.979. The Kier molecular flexibility index (Phi) is 4.30. The number of hydrogen-bond acceptors (Lipinski definition) is 2. The van der Waals surface area contributed by atoms with Crippen LogP contribution in [0, 0.1) is 0 Å². The first-order valence-electron chi connectivity index (χ1n) is 13.5. The van der Waals surface area contributed by atoms with E-state index in [1.807, 2.05) is 12.1 Å². The van der Waals surface area contributed by atoms with Gasteiger partial charge in [-0.3, -0.25) is 8.97 Å². The van der Waals surface area contributed by atoms with Crippen molar-refractivity contribution >= 4 is 60.2 Å². The molecule has 0 spiro atoms. The van der Waals surface area contributed by atoms with Gasteiger partial charge in [0, 0.05) is 16.2 Å². The molecule has 6 aromatic carbocycles. The molecule has 0 bridgehead atoms. The summed E-state index contributed by atoms with van der Waals surface area (Å²) in [6.07, 6.45) is 0. The average Bonchev–Trinajstić information content (AvgIpc) is 3.57. The number of nitrogens with zero attached hydrogens (tertiary/aromatic N) is 4. The molecule has 0 unspecified atom stereocenters. The summed E-state index contributed by atoms with van der Waals surface area (Å²) >= 11 is 0. The SMILES string of the molecule is c1ccc2c(-c3ccc4c5ccccc5n(-c5nc6ccccc6c6nc7ccccc7n56)c4c3)cccc2c1. The van der Waals surface area contributed by atoms with Crippen LogP contribution in [0.15, 0.2) is 133 Å². The number of hydrogen-bond donors (Lipinski definition) is 0. The van der Waals surface area contributed by atoms with Crippen molar-refractivity contribution in [3.05, 3.63) is 133 Å². The normalized spacial score (nSPS) is 12.0. The van der Waals surface area contributed by atoms with E-state index < -0.39 is 0 Å². The first-order valence-corrected chi connectivity index (χ1v) is 13.5. The molecular formula is C36H22N4. The topological polar surface area (TPSA) is 35.1 Å². The van der Waals surface area contributed by atoms with Gasteiger partial charge in [-0.1, -0.05) is 97.1 Å². The highest BCUT2D eigenvalue weighted by atomic mass is 15.2. The molecule has 0 saturated carbocycles. The van der Waals surface area contributed by atoms with Gasteiger partial charge in [0.1, 0.15) is 5.65 Å². The Morgan fingerprint density at radius 2 is 1.12 bits per heavy atom. The minimum Gasteiger partial charge on any atom is -0.279 e. The van der Waals surface area contributed by atoms with Crippen LogP contribution < -0.4 is 0 Å². The molecule has 0 aliphatic heterocycles. The van der Waals surface area contributed by atoms with Gasteiger partial charge in [0.05, 0.1) is 27.6 Å². The highest BCUT2D eigenvalue weighted by Gasteiger charge is 2.20. The van der Waals surface area contributed by atoms with Crippen molar-refractivity contribution in [2.45, 2.75) is 0 Å². The Bertz CT molecular complexity index is 2440. The molecule has 4 heteroatoms. The summed E-state index contributed by atoms with van der Waals surface area (Å²) in [7, 11) is 0. The van der Waals surface area contributed by atoms with E-state index in [9.17, 15) is 0 Å². The number of aromatic nitrogens is 4. The smallest absolute Gasteiger partial charge is 0.221 e. The molecule has 3 heterocycles. The number of rotatable bonds is 2. The molecule has 0 saturated heterocycles. The second-order valence-electron chi connectivity index (χ2n) is 10.3. The molecule has 9 rings (SSSR count). The molecule has 0 fully saturated rings. The van der Waals surface area contributed by atoms with Gasteiger partial charge in [0.15, 0.2) is 0 Å². The number of fused-ring (bicyclic) bond motifs is 9. The van der Waals surface area contributed by atoms with E-state index >= 15 is 0 Å². The summed E-state index contributed by atoms with van der Waals surface area (Å²) < 4.78 is 4.53. The third-order valence-electron chi connectivity index (χ3n) is 8.10. The van der Waals surface area contributed by atoms with E-state index in [1.165, 1.54) is 32.7 Å². The zero-order valence-electron chi connectivity index (χ0n) is 21.5. The molecule has 40 heavy (non-hydrogen) atoms. The van der Waals surface area contributed by atoms with Gasteiger partial charge in [0.25, 0.3) is 0 Å². The van der Waals surface area contributed by atoms with Crippen LogP contribution >= 0.6 is 0 Å². The molecule has 0 aliphatic rings. The lowest BCUT2D eigenvalue weighted by Gasteiger charge is -2.13. The van der Waals surface area contributed by atoms with Crippen molar-refractivity contribution in [2.24, 2.45) is 0 Å². The lowest BCUT2D eigenvalue weighted by Crippen LogP contribution is -2.06. The first-order chi connectivity index (χ1) is 19.8. The van der Waals surface area contributed by atoms with E-state index in [2.05, 4.69) is 130 Å². The molecule has 0 atom stereocenters. The Labute approximate surface area is 229 Å². The van der Waals surface area contributed by atoms with Crippen molar-refractivity contribution in [1.82, 2.24) is 18.9 Å². The van der Waals surface area contributed by atoms with Crippen molar-refractivity contribution in [3.63, 3.8) is 0 Å². The van der Waals surface area contributed by atoms with Gasteiger partial charge in [-0.2, -0.15) is 0 Å². The number of para-hydroxylation sites is 4. The molecule has 0 radical (unpaired) electrons. The van der Waals surface area contributed by atoms with Crippen LogP contribution in [0.2, 0.25) is 0 Å². The second-order valence-corrected chi connectivity index (χ2v) is 10.3. The summed E-state index contributed by atoms with van der Waals surface area (Å²) in [5.74, 6) is 0.837. The van der Waals surface area contributed by atoms with Crippen LogP contribution in [0.25, 0.3) is 77.2 Å². The molecule has 0 aliphatic carbocycles.